The number of benzene rings is 1. The highest BCUT2D eigenvalue weighted by Gasteiger charge is 2.32. The fourth-order valence-electron chi connectivity index (χ4n) is 2.13. The van der Waals surface area contributed by atoms with E-state index in [4.69, 9.17) is 0 Å². The van der Waals surface area contributed by atoms with E-state index in [1.165, 1.54) is 0 Å². The fraction of sp³-hybridized carbons (Fsp3) is 0.571. The Morgan fingerprint density at radius 1 is 1.33 bits per heavy atom. The number of hydrogen-bond acceptors (Lipinski definition) is 2. The van der Waals surface area contributed by atoms with Gasteiger partial charge in [0.15, 0.2) is 0 Å². The Labute approximate surface area is 112 Å². The summed E-state index contributed by atoms with van der Waals surface area (Å²) in [4.78, 5) is 0.815. The third kappa shape index (κ3) is 3.64. The molecule has 1 heterocycles. The van der Waals surface area contributed by atoms with Crippen LogP contribution in [0.15, 0.2) is 35.2 Å². The van der Waals surface area contributed by atoms with E-state index in [9.17, 15) is 9.32 Å². The molecule has 3 atom stereocenters. The van der Waals surface area contributed by atoms with E-state index in [-0.39, 0.29) is 6.04 Å². The van der Waals surface area contributed by atoms with Gasteiger partial charge in [0.25, 0.3) is 0 Å². The standard InChI is InChI=1S/C12H17NO2S.C2H6/c1-10(14)12-8-5-9-13(12)16(15)11-6-3-2-4-7-11;1-2/h2-4,6-7,10,12,14H,5,8-9H2,1H3;1-2H3. The Morgan fingerprint density at radius 2 is 1.94 bits per heavy atom. The predicted molar refractivity (Wildman–Crippen MR) is 75.6 cm³/mol. The minimum atomic E-state index is -1.14. The van der Waals surface area contributed by atoms with Crippen molar-refractivity contribution >= 4 is 11.0 Å². The van der Waals surface area contributed by atoms with Crippen molar-refractivity contribution in [2.24, 2.45) is 0 Å². The summed E-state index contributed by atoms with van der Waals surface area (Å²) in [5.74, 6) is 0. The second-order valence-electron chi connectivity index (χ2n) is 4.15. The zero-order valence-electron chi connectivity index (χ0n) is 11.4. The van der Waals surface area contributed by atoms with Gasteiger partial charge in [-0.05, 0) is 31.9 Å². The van der Waals surface area contributed by atoms with Gasteiger partial charge in [0.2, 0.25) is 0 Å². The molecule has 0 bridgehead atoms. The number of aliphatic hydroxyl groups excluding tert-OH is 1. The Hall–Kier alpha value is -0.710. The third-order valence-corrected chi connectivity index (χ3v) is 4.52. The summed E-state index contributed by atoms with van der Waals surface area (Å²) >= 11 is 0. The van der Waals surface area contributed by atoms with Gasteiger partial charge in [-0.15, -0.1) is 0 Å². The van der Waals surface area contributed by atoms with Gasteiger partial charge in [0, 0.05) is 12.6 Å². The van der Waals surface area contributed by atoms with Gasteiger partial charge < -0.3 is 5.11 Å². The maximum Gasteiger partial charge on any atom is 0.127 e. The highest BCUT2D eigenvalue weighted by molar-refractivity contribution is 7.82. The molecule has 102 valence electrons. The van der Waals surface area contributed by atoms with Crippen molar-refractivity contribution in [1.82, 2.24) is 4.31 Å². The summed E-state index contributed by atoms with van der Waals surface area (Å²) in [6.45, 7) is 6.57. The van der Waals surface area contributed by atoms with E-state index in [0.717, 1.165) is 24.3 Å². The number of hydrogen-bond donors (Lipinski definition) is 1. The third-order valence-electron chi connectivity index (χ3n) is 2.96. The predicted octanol–water partition coefficient (Wildman–Crippen LogP) is 2.58. The topological polar surface area (TPSA) is 40.5 Å². The SMILES string of the molecule is CC.CC(O)C1CCCN1S(=O)c1ccccc1. The average Bonchev–Trinajstić information content (AvgIpc) is 2.90. The van der Waals surface area contributed by atoms with Crippen LogP contribution in [0.2, 0.25) is 0 Å². The summed E-state index contributed by atoms with van der Waals surface area (Å²) in [5.41, 5.74) is 0. The number of rotatable bonds is 3. The largest absolute Gasteiger partial charge is 0.392 e. The fourth-order valence-corrected chi connectivity index (χ4v) is 3.61. The van der Waals surface area contributed by atoms with Crippen LogP contribution in [0.1, 0.15) is 33.6 Å². The van der Waals surface area contributed by atoms with Gasteiger partial charge in [-0.3, -0.25) is 0 Å². The van der Waals surface area contributed by atoms with Crippen molar-refractivity contribution < 1.29 is 9.32 Å². The van der Waals surface area contributed by atoms with Gasteiger partial charge in [-0.2, -0.15) is 0 Å². The van der Waals surface area contributed by atoms with Gasteiger partial charge in [-0.25, -0.2) is 8.51 Å². The lowest BCUT2D eigenvalue weighted by Crippen LogP contribution is -2.38. The van der Waals surface area contributed by atoms with E-state index >= 15 is 0 Å². The Kier molecular flexibility index (Phi) is 6.54. The Balaban J connectivity index is 0.000000771. The molecule has 1 aromatic rings. The first kappa shape index (κ1) is 15.3. The molecule has 1 aromatic carbocycles. The molecule has 4 heteroatoms. The van der Waals surface area contributed by atoms with Crippen LogP contribution in [0.5, 0.6) is 0 Å². The zero-order chi connectivity index (χ0) is 13.5. The number of aliphatic hydroxyl groups is 1. The molecule has 18 heavy (non-hydrogen) atoms. The molecule has 1 aliphatic heterocycles. The van der Waals surface area contributed by atoms with Gasteiger partial charge in [0.05, 0.1) is 11.0 Å². The molecule has 2 rings (SSSR count). The summed E-state index contributed by atoms with van der Waals surface area (Å²) < 4.78 is 14.2. The van der Waals surface area contributed by atoms with E-state index < -0.39 is 17.1 Å². The second kappa shape index (κ2) is 7.67. The normalized spacial score (nSPS) is 23.0. The van der Waals surface area contributed by atoms with Gasteiger partial charge in [-0.1, -0.05) is 32.0 Å². The first-order chi connectivity index (χ1) is 8.70. The van der Waals surface area contributed by atoms with Crippen LogP contribution in [0.3, 0.4) is 0 Å². The molecular weight excluding hydrogens is 246 g/mol. The van der Waals surface area contributed by atoms with Gasteiger partial charge in [0.1, 0.15) is 11.0 Å². The average molecular weight is 269 g/mol. The van der Waals surface area contributed by atoms with Gasteiger partial charge >= 0.3 is 0 Å². The van der Waals surface area contributed by atoms with E-state index in [1.807, 2.05) is 48.5 Å². The molecule has 1 N–H and O–H groups in total. The monoisotopic (exact) mass is 269 g/mol. The first-order valence-electron chi connectivity index (χ1n) is 6.62. The molecule has 3 nitrogen and oxygen atoms in total. The van der Waals surface area contributed by atoms with E-state index in [2.05, 4.69) is 0 Å². The summed E-state index contributed by atoms with van der Waals surface area (Å²) in [6, 6.07) is 9.46. The molecule has 1 fully saturated rings. The Bertz CT molecular complexity index is 367. The molecule has 0 aliphatic carbocycles. The van der Waals surface area contributed by atoms with Crippen molar-refractivity contribution in [2.75, 3.05) is 6.54 Å². The molecule has 1 aliphatic rings. The molecule has 0 spiro atoms. The molecule has 3 unspecified atom stereocenters. The van der Waals surface area contributed by atoms with Crippen molar-refractivity contribution in [3.8, 4) is 0 Å². The second-order valence-corrected chi connectivity index (χ2v) is 5.59. The molecule has 0 amide bonds. The van der Waals surface area contributed by atoms with Crippen LogP contribution in [0.4, 0.5) is 0 Å². The Morgan fingerprint density at radius 3 is 2.50 bits per heavy atom. The molecule has 0 aromatic heterocycles. The molecule has 0 saturated carbocycles. The van der Waals surface area contributed by atoms with Crippen molar-refractivity contribution in [1.29, 1.82) is 0 Å². The zero-order valence-corrected chi connectivity index (χ0v) is 12.2. The quantitative estimate of drug-likeness (QED) is 0.916. The van der Waals surface area contributed by atoms with Crippen LogP contribution < -0.4 is 0 Å². The molecular formula is C14H23NO2S. The van der Waals surface area contributed by atoms with Crippen LogP contribution in [0, 0.1) is 0 Å². The van der Waals surface area contributed by atoms with Crippen LogP contribution >= 0.6 is 0 Å². The van der Waals surface area contributed by atoms with Crippen molar-refractivity contribution in [3.63, 3.8) is 0 Å². The minimum absolute atomic E-state index is 0.0287. The smallest absolute Gasteiger partial charge is 0.127 e. The van der Waals surface area contributed by atoms with Crippen LogP contribution in [-0.2, 0) is 11.0 Å². The number of nitrogens with zero attached hydrogens (tertiary/aromatic N) is 1. The highest BCUT2D eigenvalue weighted by atomic mass is 32.2. The summed E-state index contributed by atoms with van der Waals surface area (Å²) in [7, 11) is -1.14. The van der Waals surface area contributed by atoms with E-state index in [0.29, 0.717) is 0 Å². The lowest BCUT2D eigenvalue weighted by Gasteiger charge is -2.25. The lowest BCUT2D eigenvalue weighted by atomic mass is 10.1. The minimum Gasteiger partial charge on any atom is -0.392 e. The van der Waals surface area contributed by atoms with E-state index in [1.54, 1.807) is 6.92 Å². The van der Waals surface area contributed by atoms with Crippen LogP contribution in [0.25, 0.3) is 0 Å². The maximum atomic E-state index is 12.3. The maximum absolute atomic E-state index is 12.3. The first-order valence-corrected chi connectivity index (χ1v) is 7.72. The summed E-state index contributed by atoms with van der Waals surface area (Å²) in [6.07, 6.45) is 1.51. The highest BCUT2D eigenvalue weighted by Crippen LogP contribution is 2.25. The van der Waals surface area contributed by atoms with Crippen molar-refractivity contribution in [3.05, 3.63) is 30.3 Å². The molecule has 1 saturated heterocycles. The van der Waals surface area contributed by atoms with Crippen molar-refractivity contribution in [2.45, 2.75) is 50.7 Å². The van der Waals surface area contributed by atoms with Crippen LogP contribution in [-0.4, -0.2) is 32.3 Å². The lowest BCUT2D eigenvalue weighted by molar-refractivity contribution is 0.125. The molecule has 0 radical (unpaired) electrons. The summed E-state index contributed by atoms with van der Waals surface area (Å²) in [5, 5.41) is 9.64.